The molecule has 2 aliphatic heterocycles. The molecule has 1 saturated heterocycles. The number of fused-ring (bicyclic) bond motifs is 5. The van der Waals surface area contributed by atoms with Crippen LogP contribution in [0.4, 0.5) is 0 Å². The molecule has 2 heterocycles. The number of nitrogens with zero attached hydrogens (tertiary/aromatic N) is 1. The number of hydrogen-bond acceptors (Lipinski definition) is 2. The molecule has 3 atom stereocenters. The average molecular weight is 231 g/mol. The monoisotopic (exact) mass is 231 g/mol. The topological polar surface area (TPSA) is 12.5 Å². The predicted molar refractivity (Wildman–Crippen MR) is 68.9 cm³/mol. The Morgan fingerprint density at radius 1 is 1.18 bits per heavy atom. The van der Waals surface area contributed by atoms with Crippen LogP contribution in [0, 0.1) is 0 Å². The minimum absolute atomic E-state index is 0.359. The van der Waals surface area contributed by atoms with E-state index in [2.05, 4.69) is 43.0 Å². The van der Waals surface area contributed by atoms with Crippen molar-refractivity contribution >= 4 is 0 Å². The van der Waals surface area contributed by atoms with E-state index in [9.17, 15) is 0 Å². The van der Waals surface area contributed by atoms with Gasteiger partial charge in [0.15, 0.2) is 0 Å². The molecule has 3 unspecified atom stereocenters. The second-order valence-electron chi connectivity index (χ2n) is 5.48. The third-order valence-corrected chi connectivity index (χ3v) is 4.33. The van der Waals surface area contributed by atoms with E-state index < -0.39 is 0 Å². The Morgan fingerprint density at radius 3 is 2.53 bits per heavy atom. The summed E-state index contributed by atoms with van der Waals surface area (Å²) in [6.07, 6.45) is 2.77. The van der Waals surface area contributed by atoms with Gasteiger partial charge in [0.05, 0.1) is 12.1 Å². The lowest BCUT2D eigenvalue weighted by Gasteiger charge is -2.42. The Balaban J connectivity index is 2.09. The third-order valence-electron chi connectivity index (χ3n) is 4.33. The molecule has 0 aromatic heterocycles. The van der Waals surface area contributed by atoms with Crippen LogP contribution in [0.1, 0.15) is 49.9 Å². The predicted octanol–water partition coefficient (Wildman–Crippen LogP) is 3.30. The molecule has 17 heavy (non-hydrogen) atoms. The maximum Gasteiger partial charge on any atom is 0.0769 e. The van der Waals surface area contributed by atoms with Crippen LogP contribution in [0.3, 0.4) is 0 Å². The van der Waals surface area contributed by atoms with Crippen molar-refractivity contribution in [2.45, 2.75) is 50.9 Å². The van der Waals surface area contributed by atoms with Gasteiger partial charge in [0.25, 0.3) is 0 Å². The molecule has 2 bridgehead atoms. The fraction of sp³-hybridized carbons (Fsp3) is 0.600. The molecule has 2 aliphatic rings. The Hall–Kier alpha value is -0.860. The minimum Gasteiger partial charge on any atom is -0.379 e. The molecule has 0 saturated carbocycles. The fourth-order valence-corrected chi connectivity index (χ4v) is 3.70. The van der Waals surface area contributed by atoms with E-state index in [1.165, 1.54) is 24.0 Å². The van der Waals surface area contributed by atoms with Gasteiger partial charge in [-0.25, -0.2) is 0 Å². The standard InChI is InChI=1S/C15H21NO/c1-10(2)16-13-8-9-14(17-3)15(16)12-7-5-4-6-11(12)13/h4-7,10,13-15H,8-9H2,1-3H3. The molecule has 0 spiro atoms. The normalized spacial score (nSPS) is 31.9. The summed E-state index contributed by atoms with van der Waals surface area (Å²) in [5.41, 5.74) is 3.03. The molecule has 1 fully saturated rings. The van der Waals surface area contributed by atoms with Crippen LogP contribution in [0.2, 0.25) is 0 Å². The molecule has 2 nitrogen and oxygen atoms in total. The highest BCUT2D eigenvalue weighted by Gasteiger charge is 2.46. The lowest BCUT2D eigenvalue weighted by molar-refractivity contribution is -0.0466. The van der Waals surface area contributed by atoms with Gasteiger partial charge < -0.3 is 4.74 Å². The van der Waals surface area contributed by atoms with E-state index in [0.29, 0.717) is 24.2 Å². The van der Waals surface area contributed by atoms with Crippen molar-refractivity contribution in [2.75, 3.05) is 7.11 Å². The Labute approximate surface area is 104 Å². The summed E-state index contributed by atoms with van der Waals surface area (Å²) in [6.45, 7) is 4.59. The lowest BCUT2D eigenvalue weighted by atomic mass is 9.96. The zero-order chi connectivity index (χ0) is 12.0. The van der Waals surface area contributed by atoms with Gasteiger partial charge in [0, 0.05) is 19.2 Å². The van der Waals surface area contributed by atoms with E-state index in [1.807, 2.05) is 7.11 Å². The summed E-state index contributed by atoms with van der Waals surface area (Å²) in [4.78, 5) is 2.64. The number of hydrogen-bond donors (Lipinski definition) is 0. The first kappa shape index (κ1) is 11.2. The summed E-state index contributed by atoms with van der Waals surface area (Å²) in [5, 5.41) is 0. The molecule has 0 amide bonds. The second-order valence-corrected chi connectivity index (χ2v) is 5.48. The largest absolute Gasteiger partial charge is 0.379 e. The molecule has 1 aromatic rings. The highest BCUT2D eigenvalue weighted by Crippen LogP contribution is 2.52. The molecule has 0 N–H and O–H groups in total. The number of ether oxygens (including phenoxy) is 1. The summed E-state index contributed by atoms with van der Waals surface area (Å²) in [5.74, 6) is 0. The molecular weight excluding hydrogens is 210 g/mol. The van der Waals surface area contributed by atoms with Crippen LogP contribution in [-0.2, 0) is 4.74 Å². The SMILES string of the molecule is COC1CCC2c3ccccc3C1N2C(C)C. The smallest absolute Gasteiger partial charge is 0.0769 e. The first-order valence-corrected chi connectivity index (χ1v) is 6.63. The zero-order valence-corrected chi connectivity index (χ0v) is 10.9. The fourth-order valence-electron chi connectivity index (χ4n) is 3.70. The van der Waals surface area contributed by atoms with E-state index in [4.69, 9.17) is 4.74 Å². The molecule has 0 radical (unpaired) electrons. The first-order chi connectivity index (χ1) is 8.24. The molecular formula is C15H21NO. The van der Waals surface area contributed by atoms with Gasteiger partial charge in [0.2, 0.25) is 0 Å². The van der Waals surface area contributed by atoms with Crippen LogP contribution < -0.4 is 0 Å². The minimum atomic E-state index is 0.359. The van der Waals surface area contributed by atoms with Crippen molar-refractivity contribution in [3.05, 3.63) is 35.4 Å². The molecule has 3 rings (SSSR count). The van der Waals surface area contributed by atoms with Gasteiger partial charge in [-0.1, -0.05) is 24.3 Å². The summed E-state index contributed by atoms with van der Waals surface area (Å²) >= 11 is 0. The maximum absolute atomic E-state index is 5.72. The second kappa shape index (κ2) is 4.11. The third kappa shape index (κ3) is 1.54. The summed E-state index contributed by atoms with van der Waals surface area (Å²) < 4.78 is 5.72. The maximum atomic E-state index is 5.72. The Bertz CT molecular complexity index is 415. The lowest BCUT2D eigenvalue weighted by Crippen LogP contribution is -2.42. The number of benzene rings is 1. The molecule has 2 heteroatoms. The van der Waals surface area contributed by atoms with Crippen molar-refractivity contribution in [2.24, 2.45) is 0 Å². The van der Waals surface area contributed by atoms with Crippen molar-refractivity contribution < 1.29 is 4.74 Å². The quantitative estimate of drug-likeness (QED) is 0.774. The van der Waals surface area contributed by atoms with Crippen molar-refractivity contribution in [1.82, 2.24) is 4.90 Å². The zero-order valence-electron chi connectivity index (χ0n) is 10.9. The Morgan fingerprint density at radius 2 is 1.88 bits per heavy atom. The van der Waals surface area contributed by atoms with Crippen LogP contribution in [-0.4, -0.2) is 24.2 Å². The van der Waals surface area contributed by atoms with Gasteiger partial charge in [-0.2, -0.15) is 0 Å². The number of piperidine rings is 1. The van der Waals surface area contributed by atoms with E-state index in [1.54, 1.807) is 0 Å². The van der Waals surface area contributed by atoms with Gasteiger partial charge in [-0.3, -0.25) is 4.90 Å². The average Bonchev–Trinajstić information content (AvgIpc) is 2.59. The number of methoxy groups -OCH3 is 1. The van der Waals surface area contributed by atoms with Crippen molar-refractivity contribution in [1.29, 1.82) is 0 Å². The summed E-state index contributed by atoms with van der Waals surface area (Å²) in [6, 6.07) is 10.6. The molecule has 0 aliphatic carbocycles. The van der Waals surface area contributed by atoms with Gasteiger partial charge in [0.1, 0.15) is 0 Å². The Kier molecular flexibility index (Phi) is 2.72. The van der Waals surface area contributed by atoms with E-state index in [-0.39, 0.29) is 0 Å². The van der Waals surface area contributed by atoms with Gasteiger partial charge >= 0.3 is 0 Å². The van der Waals surface area contributed by atoms with E-state index in [0.717, 1.165) is 0 Å². The van der Waals surface area contributed by atoms with Crippen LogP contribution in [0.25, 0.3) is 0 Å². The highest BCUT2D eigenvalue weighted by molar-refractivity contribution is 5.40. The van der Waals surface area contributed by atoms with Crippen molar-refractivity contribution in [3.8, 4) is 0 Å². The van der Waals surface area contributed by atoms with E-state index >= 15 is 0 Å². The first-order valence-electron chi connectivity index (χ1n) is 6.63. The van der Waals surface area contributed by atoms with Crippen LogP contribution in [0.5, 0.6) is 0 Å². The highest BCUT2D eigenvalue weighted by atomic mass is 16.5. The van der Waals surface area contributed by atoms with Crippen LogP contribution >= 0.6 is 0 Å². The summed E-state index contributed by atoms with van der Waals surface area (Å²) in [7, 11) is 1.85. The van der Waals surface area contributed by atoms with Crippen molar-refractivity contribution in [3.63, 3.8) is 0 Å². The molecule has 1 aromatic carbocycles. The van der Waals surface area contributed by atoms with Crippen LogP contribution in [0.15, 0.2) is 24.3 Å². The van der Waals surface area contributed by atoms with Gasteiger partial charge in [-0.05, 0) is 37.8 Å². The number of rotatable bonds is 2. The van der Waals surface area contributed by atoms with Gasteiger partial charge in [-0.15, -0.1) is 0 Å². The molecule has 92 valence electrons.